The Morgan fingerprint density at radius 1 is 0.800 bits per heavy atom. The van der Waals surface area contributed by atoms with Crippen molar-refractivity contribution in [2.75, 3.05) is 6.61 Å². The first-order valence-corrected chi connectivity index (χ1v) is 12.0. The van der Waals surface area contributed by atoms with E-state index < -0.39 is 0 Å². The Morgan fingerprint density at radius 2 is 1.47 bits per heavy atom. The highest BCUT2D eigenvalue weighted by Crippen LogP contribution is 2.29. The largest absolute Gasteiger partial charge is 0.490 e. The van der Waals surface area contributed by atoms with Gasteiger partial charge in [-0.15, -0.1) is 11.3 Å². The third-order valence-corrected chi connectivity index (χ3v) is 6.24. The van der Waals surface area contributed by atoms with Gasteiger partial charge >= 0.3 is 0 Å². The number of ether oxygens (including phenoxy) is 1. The summed E-state index contributed by atoms with van der Waals surface area (Å²) < 4.78 is 5.80. The predicted octanol–water partition coefficient (Wildman–Crippen LogP) is 8.34. The molecule has 3 aromatic rings. The van der Waals surface area contributed by atoms with Crippen LogP contribution in [0, 0.1) is 0 Å². The number of thiazole rings is 1. The minimum atomic E-state index is 0.631. The molecule has 0 unspecified atom stereocenters. The average molecular weight is 420 g/mol. The van der Waals surface area contributed by atoms with Crippen LogP contribution in [0.25, 0.3) is 21.7 Å². The number of rotatable bonds is 12. The fraction of sp³-hybridized carbons (Fsp3) is 0.370. The number of nitrogens with zero attached hydrogens (tertiary/aromatic N) is 1. The number of hydrogen-bond donors (Lipinski definition) is 0. The first-order valence-electron chi connectivity index (χ1n) is 11.2. The minimum absolute atomic E-state index is 0.631. The van der Waals surface area contributed by atoms with Gasteiger partial charge in [0.2, 0.25) is 0 Å². The zero-order valence-corrected chi connectivity index (χ0v) is 19.1. The van der Waals surface area contributed by atoms with E-state index in [9.17, 15) is 0 Å². The van der Waals surface area contributed by atoms with E-state index in [1.54, 1.807) is 0 Å². The van der Waals surface area contributed by atoms with Crippen LogP contribution in [0.15, 0.2) is 66.9 Å². The molecular weight excluding hydrogens is 386 g/mol. The van der Waals surface area contributed by atoms with Crippen molar-refractivity contribution in [1.29, 1.82) is 0 Å². The summed E-state index contributed by atoms with van der Waals surface area (Å²) in [4.78, 5) is 6.01. The van der Waals surface area contributed by atoms with Gasteiger partial charge in [-0.05, 0) is 42.5 Å². The van der Waals surface area contributed by atoms with Crippen molar-refractivity contribution in [2.24, 2.45) is 0 Å². The van der Waals surface area contributed by atoms with Crippen LogP contribution >= 0.6 is 11.3 Å². The number of benzene rings is 2. The zero-order chi connectivity index (χ0) is 21.0. The Kier molecular flexibility index (Phi) is 9.17. The number of unbranched alkanes of at least 4 members (excludes halogenated alkanes) is 4. The van der Waals surface area contributed by atoms with Crippen molar-refractivity contribution in [3.63, 3.8) is 0 Å². The standard InChI is InChI=1S/C27H33NOS/c1-3-5-7-8-10-20-29-25-18-16-23(17-19-25)22-12-14-24(15-13-22)27-28-21-26(30-27)11-9-6-4-2/h8,10,12-19,21H,3-7,9,11,20H2,1-2H3/b10-8+. The van der Waals surface area contributed by atoms with Crippen molar-refractivity contribution in [1.82, 2.24) is 4.98 Å². The molecule has 1 aromatic heterocycles. The van der Waals surface area contributed by atoms with Gasteiger partial charge in [0.25, 0.3) is 0 Å². The zero-order valence-electron chi connectivity index (χ0n) is 18.3. The first-order chi connectivity index (χ1) is 14.8. The predicted molar refractivity (Wildman–Crippen MR) is 130 cm³/mol. The molecule has 0 aliphatic heterocycles. The molecule has 0 amide bonds. The van der Waals surface area contributed by atoms with Crippen LogP contribution in [0.5, 0.6) is 5.75 Å². The number of aromatic nitrogens is 1. The highest BCUT2D eigenvalue weighted by molar-refractivity contribution is 7.15. The molecule has 0 fully saturated rings. The molecule has 0 atom stereocenters. The van der Waals surface area contributed by atoms with E-state index in [0.717, 1.165) is 23.6 Å². The molecule has 0 N–H and O–H groups in total. The van der Waals surface area contributed by atoms with Gasteiger partial charge in [-0.25, -0.2) is 4.98 Å². The van der Waals surface area contributed by atoms with E-state index >= 15 is 0 Å². The van der Waals surface area contributed by atoms with Gasteiger partial charge in [-0.2, -0.15) is 0 Å². The number of hydrogen-bond acceptors (Lipinski definition) is 3. The van der Waals surface area contributed by atoms with Crippen molar-refractivity contribution < 1.29 is 4.74 Å². The summed E-state index contributed by atoms with van der Waals surface area (Å²) in [6.45, 7) is 5.09. The second-order valence-corrected chi connectivity index (χ2v) is 8.73. The van der Waals surface area contributed by atoms with Gasteiger partial charge in [0.1, 0.15) is 17.4 Å². The molecule has 0 radical (unpaired) electrons. The van der Waals surface area contributed by atoms with E-state index in [2.05, 4.69) is 67.4 Å². The second-order valence-electron chi connectivity index (χ2n) is 7.62. The highest BCUT2D eigenvalue weighted by Gasteiger charge is 2.06. The minimum Gasteiger partial charge on any atom is -0.490 e. The van der Waals surface area contributed by atoms with Gasteiger partial charge in [-0.1, -0.05) is 88.1 Å². The van der Waals surface area contributed by atoms with Crippen LogP contribution < -0.4 is 4.74 Å². The molecule has 2 nitrogen and oxygen atoms in total. The molecule has 3 rings (SSSR count). The summed E-state index contributed by atoms with van der Waals surface area (Å²) in [5, 5.41) is 1.11. The molecule has 0 spiro atoms. The quantitative estimate of drug-likeness (QED) is 0.217. The molecule has 158 valence electrons. The lowest BCUT2D eigenvalue weighted by molar-refractivity contribution is 0.362. The molecule has 30 heavy (non-hydrogen) atoms. The SMILES string of the molecule is CCCC/C=C/COc1ccc(-c2ccc(-c3ncc(CCCCC)s3)cc2)cc1. The molecule has 2 aromatic carbocycles. The van der Waals surface area contributed by atoms with Gasteiger partial charge < -0.3 is 4.74 Å². The van der Waals surface area contributed by atoms with E-state index in [1.807, 2.05) is 29.7 Å². The van der Waals surface area contributed by atoms with Gasteiger partial charge in [0.05, 0.1) is 0 Å². The first kappa shape index (κ1) is 22.3. The Labute approximate surface area is 185 Å². The monoisotopic (exact) mass is 419 g/mol. The van der Waals surface area contributed by atoms with Gasteiger partial charge in [0.15, 0.2) is 0 Å². The van der Waals surface area contributed by atoms with Crippen LogP contribution in [-0.2, 0) is 6.42 Å². The van der Waals surface area contributed by atoms with Crippen LogP contribution in [-0.4, -0.2) is 11.6 Å². The lowest BCUT2D eigenvalue weighted by atomic mass is 10.0. The maximum Gasteiger partial charge on any atom is 0.123 e. The number of allylic oxidation sites excluding steroid dienone is 1. The maximum atomic E-state index is 5.80. The highest BCUT2D eigenvalue weighted by atomic mass is 32.1. The van der Waals surface area contributed by atoms with Crippen molar-refractivity contribution in [3.8, 4) is 27.4 Å². The van der Waals surface area contributed by atoms with Crippen LogP contribution in [0.1, 0.15) is 57.2 Å². The van der Waals surface area contributed by atoms with Crippen molar-refractivity contribution in [2.45, 2.75) is 58.8 Å². The Bertz CT molecular complexity index is 893. The molecule has 1 heterocycles. The van der Waals surface area contributed by atoms with Gasteiger partial charge in [-0.3, -0.25) is 0 Å². The van der Waals surface area contributed by atoms with Crippen molar-refractivity contribution >= 4 is 11.3 Å². The van der Waals surface area contributed by atoms with Crippen LogP contribution in [0.3, 0.4) is 0 Å². The Morgan fingerprint density at radius 3 is 2.17 bits per heavy atom. The maximum absolute atomic E-state index is 5.80. The lowest BCUT2D eigenvalue weighted by Crippen LogP contribution is -1.93. The molecule has 0 saturated carbocycles. The fourth-order valence-electron chi connectivity index (χ4n) is 3.31. The number of aryl methyl sites for hydroxylation is 1. The fourth-order valence-corrected chi connectivity index (χ4v) is 4.27. The summed E-state index contributed by atoms with van der Waals surface area (Å²) >= 11 is 1.82. The van der Waals surface area contributed by atoms with Gasteiger partial charge in [0, 0.05) is 16.6 Å². The third kappa shape index (κ3) is 6.84. The third-order valence-electron chi connectivity index (χ3n) is 5.14. The second kappa shape index (κ2) is 12.3. The summed E-state index contributed by atoms with van der Waals surface area (Å²) in [5.41, 5.74) is 3.61. The Hall–Kier alpha value is -2.39. The summed E-state index contributed by atoms with van der Waals surface area (Å²) in [6.07, 6.45) is 14.9. The van der Waals surface area contributed by atoms with E-state index in [-0.39, 0.29) is 0 Å². The summed E-state index contributed by atoms with van der Waals surface area (Å²) in [6, 6.07) is 17.1. The summed E-state index contributed by atoms with van der Waals surface area (Å²) in [5.74, 6) is 0.911. The van der Waals surface area contributed by atoms with E-state index in [0.29, 0.717) is 6.61 Å². The van der Waals surface area contributed by atoms with Crippen LogP contribution in [0.4, 0.5) is 0 Å². The Balaban J connectivity index is 1.55. The lowest BCUT2D eigenvalue weighted by Gasteiger charge is -2.06. The topological polar surface area (TPSA) is 22.1 Å². The molecule has 0 bridgehead atoms. The molecule has 0 saturated heterocycles. The molecule has 0 aliphatic rings. The normalized spacial score (nSPS) is 11.3. The average Bonchev–Trinajstić information content (AvgIpc) is 3.26. The van der Waals surface area contributed by atoms with E-state index in [4.69, 9.17) is 4.74 Å². The summed E-state index contributed by atoms with van der Waals surface area (Å²) in [7, 11) is 0. The van der Waals surface area contributed by atoms with Crippen molar-refractivity contribution in [3.05, 3.63) is 71.8 Å². The smallest absolute Gasteiger partial charge is 0.123 e. The molecule has 3 heteroatoms. The molecular formula is C27H33NOS. The van der Waals surface area contributed by atoms with Crippen LogP contribution in [0.2, 0.25) is 0 Å². The van der Waals surface area contributed by atoms with E-state index in [1.165, 1.54) is 53.7 Å². The molecule has 0 aliphatic carbocycles.